The summed E-state index contributed by atoms with van der Waals surface area (Å²) in [7, 11) is 0. The Balaban J connectivity index is 2.55. The monoisotopic (exact) mass is 198 g/mol. The summed E-state index contributed by atoms with van der Waals surface area (Å²) in [5.41, 5.74) is -0.314. The Bertz CT molecular complexity index is 163. The quantitative estimate of drug-likeness (QED) is 0.713. The average Bonchev–Trinajstić information content (AvgIpc) is 2.56. The van der Waals surface area contributed by atoms with Gasteiger partial charge in [-0.25, -0.2) is 0 Å². The van der Waals surface area contributed by atoms with Crippen LogP contribution in [0.4, 0.5) is 0 Å². The van der Waals surface area contributed by atoms with E-state index in [0.717, 1.165) is 25.2 Å². The second-order valence-electron chi connectivity index (χ2n) is 4.99. The molecule has 0 aromatic carbocycles. The lowest BCUT2D eigenvalue weighted by molar-refractivity contribution is -0.0218. The minimum Gasteiger partial charge on any atom is -0.390 e. The van der Waals surface area contributed by atoms with E-state index in [-0.39, 0.29) is 5.60 Å². The van der Waals surface area contributed by atoms with Crippen molar-refractivity contribution in [1.29, 1.82) is 0 Å². The lowest BCUT2D eigenvalue weighted by Gasteiger charge is -2.32. The van der Waals surface area contributed by atoms with Crippen LogP contribution in [-0.2, 0) is 0 Å². The molecule has 84 valence electrons. The zero-order chi connectivity index (χ0) is 10.6. The Kier molecular flexibility index (Phi) is 4.43. The highest BCUT2D eigenvalue weighted by Gasteiger charge is 2.40. The number of aliphatic hydroxyl groups is 1. The van der Waals surface area contributed by atoms with Gasteiger partial charge in [-0.1, -0.05) is 46.5 Å². The molecular formula is C13H26O. The SMILES string of the molecule is CCC(CC)CC1(O)CCCC1CC. The molecule has 0 radical (unpaired) electrons. The second kappa shape index (κ2) is 5.16. The van der Waals surface area contributed by atoms with Gasteiger partial charge >= 0.3 is 0 Å². The molecule has 0 bridgehead atoms. The summed E-state index contributed by atoms with van der Waals surface area (Å²) < 4.78 is 0. The maximum absolute atomic E-state index is 10.6. The van der Waals surface area contributed by atoms with E-state index in [1.54, 1.807) is 0 Å². The van der Waals surface area contributed by atoms with Crippen LogP contribution in [-0.4, -0.2) is 10.7 Å². The smallest absolute Gasteiger partial charge is 0.0678 e. The van der Waals surface area contributed by atoms with Gasteiger partial charge in [-0.2, -0.15) is 0 Å². The molecule has 1 aliphatic rings. The molecule has 0 aromatic rings. The maximum Gasteiger partial charge on any atom is 0.0678 e. The second-order valence-corrected chi connectivity index (χ2v) is 4.99. The van der Waals surface area contributed by atoms with Crippen molar-refractivity contribution in [3.8, 4) is 0 Å². The van der Waals surface area contributed by atoms with Gasteiger partial charge < -0.3 is 5.11 Å². The number of hydrogen-bond donors (Lipinski definition) is 1. The van der Waals surface area contributed by atoms with E-state index in [2.05, 4.69) is 20.8 Å². The van der Waals surface area contributed by atoms with E-state index in [4.69, 9.17) is 0 Å². The zero-order valence-corrected chi connectivity index (χ0v) is 10.1. The van der Waals surface area contributed by atoms with Crippen molar-refractivity contribution in [2.45, 2.75) is 71.3 Å². The topological polar surface area (TPSA) is 20.2 Å². The van der Waals surface area contributed by atoms with Crippen LogP contribution in [0.3, 0.4) is 0 Å². The van der Waals surface area contributed by atoms with E-state index in [0.29, 0.717) is 5.92 Å². The lowest BCUT2D eigenvalue weighted by Crippen LogP contribution is -2.35. The first-order valence-electron chi connectivity index (χ1n) is 6.38. The van der Waals surface area contributed by atoms with Crippen molar-refractivity contribution in [1.82, 2.24) is 0 Å². The van der Waals surface area contributed by atoms with Crippen molar-refractivity contribution in [2.75, 3.05) is 0 Å². The molecule has 14 heavy (non-hydrogen) atoms. The van der Waals surface area contributed by atoms with Crippen molar-refractivity contribution in [2.24, 2.45) is 11.8 Å². The van der Waals surface area contributed by atoms with Crippen LogP contribution in [0.25, 0.3) is 0 Å². The molecule has 1 aliphatic carbocycles. The fourth-order valence-electron chi connectivity index (χ4n) is 3.06. The highest BCUT2D eigenvalue weighted by molar-refractivity contribution is 4.92. The van der Waals surface area contributed by atoms with Gasteiger partial charge in [-0.3, -0.25) is 0 Å². The summed E-state index contributed by atoms with van der Waals surface area (Å²) in [5.74, 6) is 1.30. The fraction of sp³-hybridized carbons (Fsp3) is 1.00. The Morgan fingerprint density at radius 2 is 1.93 bits per heavy atom. The third kappa shape index (κ3) is 2.50. The molecule has 0 saturated heterocycles. The maximum atomic E-state index is 10.6. The predicted octanol–water partition coefficient (Wildman–Crippen LogP) is 3.75. The fourth-order valence-corrected chi connectivity index (χ4v) is 3.06. The lowest BCUT2D eigenvalue weighted by atomic mass is 9.79. The molecule has 0 amide bonds. The molecule has 1 saturated carbocycles. The molecule has 0 heterocycles. The van der Waals surface area contributed by atoms with Crippen molar-refractivity contribution in [3.63, 3.8) is 0 Å². The predicted molar refractivity (Wildman–Crippen MR) is 61.3 cm³/mol. The van der Waals surface area contributed by atoms with Crippen molar-refractivity contribution >= 4 is 0 Å². The number of rotatable bonds is 5. The van der Waals surface area contributed by atoms with Crippen LogP contribution < -0.4 is 0 Å². The largest absolute Gasteiger partial charge is 0.390 e. The summed E-state index contributed by atoms with van der Waals surface area (Å²) in [4.78, 5) is 0. The van der Waals surface area contributed by atoms with Crippen LogP contribution in [0.1, 0.15) is 65.7 Å². The van der Waals surface area contributed by atoms with Crippen molar-refractivity contribution in [3.05, 3.63) is 0 Å². The van der Waals surface area contributed by atoms with Gasteiger partial charge in [-0.05, 0) is 31.1 Å². The van der Waals surface area contributed by atoms with Gasteiger partial charge in [0.15, 0.2) is 0 Å². The summed E-state index contributed by atoms with van der Waals surface area (Å²) in [6.45, 7) is 6.70. The average molecular weight is 198 g/mol. The molecule has 1 heteroatoms. The molecule has 0 spiro atoms. The van der Waals surface area contributed by atoms with Crippen LogP contribution >= 0.6 is 0 Å². The zero-order valence-electron chi connectivity index (χ0n) is 10.1. The van der Waals surface area contributed by atoms with E-state index in [1.165, 1.54) is 25.7 Å². The highest BCUT2D eigenvalue weighted by atomic mass is 16.3. The third-order valence-electron chi connectivity index (χ3n) is 4.21. The van der Waals surface area contributed by atoms with Gasteiger partial charge in [-0.15, -0.1) is 0 Å². The summed E-state index contributed by atoms with van der Waals surface area (Å²) in [6.07, 6.45) is 8.14. The highest BCUT2D eigenvalue weighted by Crippen LogP contribution is 2.42. The van der Waals surface area contributed by atoms with Crippen LogP contribution in [0, 0.1) is 11.8 Å². The molecule has 2 unspecified atom stereocenters. The summed E-state index contributed by atoms with van der Waals surface area (Å²) in [6, 6.07) is 0. The summed E-state index contributed by atoms with van der Waals surface area (Å²) >= 11 is 0. The van der Waals surface area contributed by atoms with Gasteiger partial charge in [0.25, 0.3) is 0 Å². The van der Waals surface area contributed by atoms with Crippen LogP contribution in [0.5, 0.6) is 0 Å². The van der Waals surface area contributed by atoms with E-state index < -0.39 is 0 Å². The first kappa shape index (κ1) is 12.0. The first-order chi connectivity index (χ1) is 6.66. The minimum absolute atomic E-state index is 0.314. The van der Waals surface area contributed by atoms with Crippen LogP contribution in [0.15, 0.2) is 0 Å². The molecule has 0 aromatic heterocycles. The van der Waals surface area contributed by atoms with E-state index >= 15 is 0 Å². The first-order valence-corrected chi connectivity index (χ1v) is 6.38. The van der Waals surface area contributed by atoms with Gasteiger partial charge in [0.05, 0.1) is 5.60 Å². The third-order valence-corrected chi connectivity index (χ3v) is 4.21. The molecule has 1 N–H and O–H groups in total. The Morgan fingerprint density at radius 1 is 1.29 bits per heavy atom. The molecule has 0 aliphatic heterocycles. The normalized spacial score (nSPS) is 32.8. The van der Waals surface area contributed by atoms with Crippen LogP contribution in [0.2, 0.25) is 0 Å². The Labute approximate surface area is 88.9 Å². The van der Waals surface area contributed by atoms with Gasteiger partial charge in [0, 0.05) is 0 Å². The Hall–Kier alpha value is -0.0400. The molecular weight excluding hydrogens is 172 g/mol. The minimum atomic E-state index is -0.314. The Morgan fingerprint density at radius 3 is 2.43 bits per heavy atom. The molecule has 2 atom stereocenters. The number of hydrogen-bond acceptors (Lipinski definition) is 1. The van der Waals surface area contributed by atoms with Gasteiger partial charge in [0.2, 0.25) is 0 Å². The summed E-state index contributed by atoms with van der Waals surface area (Å²) in [5, 5.41) is 10.6. The molecule has 1 fully saturated rings. The van der Waals surface area contributed by atoms with E-state index in [1.807, 2.05) is 0 Å². The standard InChI is InChI=1S/C13H26O/c1-4-11(5-2)10-13(14)9-7-8-12(13)6-3/h11-12,14H,4-10H2,1-3H3. The van der Waals surface area contributed by atoms with E-state index in [9.17, 15) is 5.11 Å². The molecule has 1 nitrogen and oxygen atoms in total. The van der Waals surface area contributed by atoms with Crippen molar-refractivity contribution < 1.29 is 5.11 Å². The molecule has 1 rings (SSSR count). The van der Waals surface area contributed by atoms with Gasteiger partial charge in [0.1, 0.15) is 0 Å².